The average molecular weight is 331 g/mol. The molecule has 0 heterocycles. The highest BCUT2D eigenvalue weighted by Gasteiger charge is 2.21. The number of nitrogen functional groups attached to an aromatic ring is 1. The smallest absolute Gasteiger partial charge is 0.0915 e. The van der Waals surface area contributed by atoms with Gasteiger partial charge < -0.3 is 16.2 Å². The quantitative estimate of drug-likeness (QED) is 0.710. The van der Waals surface area contributed by atoms with Gasteiger partial charge in [0, 0.05) is 12.6 Å². The molecule has 5 heteroatoms. The molecule has 3 nitrogen and oxygen atoms in total. The lowest BCUT2D eigenvalue weighted by molar-refractivity contribution is 0.161. The molecule has 0 bridgehead atoms. The monoisotopic (exact) mass is 330 g/mol. The van der Waals surface area contributed by atoms with E-state index in [1.54, 1.807) is 12.1 Å². The fourth-order valence-electron chi connectivity index (χ4n) is 3.01. The Hall–Kier alpha value is -0.480. The van der Waals surface area contributed by atoms with Crippen LogP contribution in [-0.2, 0) is 0 Å². The Kier molecular flexibility index (Phi) is 6.18. The standard InChI is InChI=1S/C16H24Cl2N2O/c1-10(11-5-3-2-4-6-11)20-9-15(21)12-7-13(17)16(19)14(18)8-12/h7-8,10-11,15,20-21H,2-6,9,19H2,1H3/t10-,15?/m0/s1. The van der Waals surface area contributed by atoms with Crippen LogP contribution in [-0.4, -0.2) is 17.7 Å². The zero-order valence-corrected chi connectivity index (χ0v) is 13.9. The van der Waals surface area contributed by atoms with E-state index in [1.807, 2.05) is 0 Å². The summed E-state index contributed by atoms with van der Waals surface area (Å²) >= 11 is 12.0. The van der Waals surface area contributed by atoms with Gasteiger partial charge in [-0.2, -0.15) is 0 Å². The van der Waals surface area contributed by atoms with Gasteiger partial charge in [0.15, 0.2) is 0 Å². The lowest BCUT2D eigenvalue weighted by Crippen LogP contribution is -2.37. The molecule has 0 saturated heterocycles. The summed E-state index contributed by atoms with van der Waals surface area (Å²) in [5, 5.41) is 14.5. The topological polar surface area (TPSA) is 58.3 Å². The Morgan fingerprint density at radius 3 is 2.38 bits per heavy atom. The van der Waals surface area contributed by atoms with Crippen LogP contribution >= 0.6 is 23.2 Å². The van der Waals surface area contributed by atoms with Crippen molar-refractivity contribution in [2.45, 2.75) is 51.2 Å². The minimum atomic E-state index is -0.633. The highest BCUT2D eigenvalue weighted by Crippen LogP contribution is 2.31. The van der Waals surface area contributed by atoms with E-state index >= 15 is 0 Å². The first-order valence-electron chi connectivity index (χ1n) is 7.65. The van der Waals surface area contributed by atoms with Gasteiger partial charge in [-0.1, -0.05) is 42.5 Å². The molecule has 1 fully saturated rings. The summed E-state index contributed by atoms with van der Waals surface area (Å²) in [5.74, 6) is 0.713. The van der Waals surface area contributed by atoms with Crippen molar-refractivity contribution in [3.05, 3.63) is 27.7 Å². The molecule has 0 aromatic heterocycles. The number of nitrogens with one attached hydrogen (secondary N) is 1. The summed E-state index contributed by atoms with van der Waals surface area (Å²) in [6.07, 6.45) is 5.93. The average Bonchev–Trinajstić information content (AvgIpc) is 2.50. The molecule has 1 aromatic rings. The van der Waals surface area contributed by atoms with Crippen LogP contribution in [0.3, 0.4) is 0 Å². The molecule has 1 saturated carbocycles. The Labute approximate surface area is 136 Å². The molecule has 0 spiro atoms. The van der Waals surface area contributed by atoms with Crippen LogP contribution in [0.25, 0.3) is 0 Å². The number of rotatable bonds is 5. The summed E-state index contributed by atoms with van der Waals surface area (Å²) in [6.45, 7) is 2.69. The first kappa shape index (κ1) is 16.9. The maximum absolute atomic E-state index is 10.3. The molecular weight excluding hydrogens is 307 g/mol. The lowest BCUT2D eigenvalue weighted by atomic mass is 9.84. The van der Waals surface area contributed by atoms with Crippen LogP contribution in [0.15, 0.2) is 12.1 Å². The molecule has 0 radical (unpaired) electrons. The van der Waals surface area contributed by atoms with Gasteiger partial charge in [-0.3, -0.25) is 0 Å². The van der Waals surface area contributed by atoms with Crippen molar-refractivity contribution < 1.29 is 5.11 Å². The second-order valence-electron chi connectivity index (χ2n) is 6.01. The maximum Gasteiger partial charge on any atom is 0.0915 e. The third kappa shape index (κ3) is 4.49. The molecule has 2 rings (SSSR count). The third-order valence-electron chi connectivity index (χ3n) is 4.48. The van der Waals surface area contributed by atoms with Crippen molar-refractivity contribution in [2.24, 2.45) is 5.92 Å². The molecule has 1 unspecified atom stereocenters. The Morgan fingerprint density at radius 1 is 1.24 bits per heavy atom. The summed E-state index contributed by atoms with van der Waals surface area (Å²) in [7, 11) is 0. The predicted octanol–water partition coefficient (Wildman–Crippen LogP) is 4.17. The summed E-state index contributed by atoms with van der Waals surface area (Å²) in [4.78, 5) is 0. The minimum absolute atomic E-state index is 0.359. The number of hydrogen-bond donors (Lipinski definition) is 3. The molecule has 0 amide bonds. The summed E-state index contributed by atoms with van der Waals surface area (Å²) in [6, 6.07) is 3.78. The van der Waals surface area contributed by atoms with E-state index in [9.17, 15) is 5.11 Å². The van der Waals surface area contributed by atoms with Crippen molar-refractivity contribution in [3.8, 4) is 0 Å². The second-order valence-corrected chi connectivity index (χ2v) is 6.82. The van der Waals surface area contributed by atoms with Gasteiger partial charge in [0.05, 0.1) is 21.8 Å². The van der Waals surface area contributed by atoms with Gasteiger partial charge in [-0.15, -0.1) is 0 Å². The molecule has 0 aliphatic heterocycles. The molecule has 118 valence electrons. The van der Waals surface area contributed by atoms with Crippen LogP contribution in [0, 0.1) is 5.92 Å². The molecule has 1 aliphatic carbocycles. The predicted molar refractivity (Wildman–Crippen MR) is 89.9 cm³/mol. The lowest BCUT2D eigenvalue weighted by Gasteiger charge is -2.29. The molecule has 4 N–H and O–H groups in total. The Balaban J connectivity index is 1.90. The first-order valence-corrected chi connectivity index (χ1v) is 8.40. The van der Waals surface area contributed by atoms with E-state index < -0.39 is 6.10 Å². The van der Waals surface area contributed by atoms with Crippen molar-refractivity contribution in [1.29, 1.82) is 0 Å². The van der Waals surface area contributed by atoms with Crippen LogP contribution in [0.5, 0.6) is 0 Å². The van der Waals surface area contributed by atoms with Gasteiger partial charge >= 0.3 is 0 Å². The zero-order chi connectivity index (χ0) is 15.4. The third-order valence-corrected chi connectivity index (χ3v) is 5.10. The van der Waals surface area contributed by atoms with Gasteiger partial charge in [-0.25, -0.2) is 0 Å². The fourth-order valence-corrected chi connectivity index (χ4v) is 3.52. The number of nitrogens with two attached hydrogens (primary N) is 1. The summed E-state index contributed by atoms with van der Waals surface area (Å²) in [5.41, 5.74) is 6.77. The van der Waals surface area contributed by atoms with E-state index in [-0.39, 0.29) is 0 Å². The molecule has 1 aliphatic rings. The van der Waals surface area contributed by atoms with Crippen molar-refractivity contribution in [1.82, 2.24) is 5.32 Å². The van der Waals surface area contributed by atoms with Crippen molar-refractivity contribution in [3.63, 3.8) is 0 Å². The van der Waals surface area contributed by atoms with Crippen molar-refractivity contribution in [2.75, 3.05) is 12.3 Å². The highest BCUT2D eigenvalue weighted by molar-refractivity contribution is 6.38. The Morgan fingerprint density at radius 2 is 1.81 bits per heavy atom. The van der Waals surface area contributed by atoms with Crippen LogP contribution in [0.4, 0.5) is 5.69 Å². The molecule has 1 aromatic carbocycles. The zero-order valence-electron chi connectivity index (χ0n) is 12.4. The minimum Gasteiger partial charge on any atom is -0.396 e. The van der Waals surface area contributed by atoms with Crippen LogP contribution < -0.4 is 11.1 Å². The molecule has 21 heavy (non-hydrogen) atoms. The number of benzene rings is 1. The van der Waals surface area contributed by atoms with Gasteiger partial charge in [0.25, 0.3) is 0 Å². The van der Waals surface area contributed by atoms with E-state index in [2.05, 4.69) is 12.2 Å². The number of anilines is 1. The molecule has 2 atom stereocenters. The van der Waals surface area contributed by atoms with E-state index in [0.29, 0.717) is 39.8 Å². The summed E-state index contributed by atoms with van der Waals surface area (Å²) < 4.78 is 0. The normalized spacial score (nSPS) is 19.4. The Bertz CT molecular complexity index is 452. The number of hydrogen-bond acceptors (Lipinski definition) is 3. The highest BCUT2D eigenvalue weighted by atomic mass is 35.5. The number of halogens is 2. The van der Waals surface area contributed by atoms with Crippen molar-refractivity contribution >= 4 is 28.9 Å². The van der Waals surface area contributed by atoms with Crippen LogP contribution in [0.2, 0.25) is 10.0 Å². The largest absolute Gasteiger partial charge is 0.396 e. The fraction of sp³-hybridized carbons (Fsp3) is 0.625. The van der Waals surface area contributed by atoms with Gasteiger partial charge in [0.1, 0.15) is 0 Å². The van der Waals surface area contributed by atoms with Crippen LogP contribution in [0.1, 0.15) is 50.7 Å². The van der Waals surface area contributed by atoms with Gasteiger partial charge in [-0.05, 0) is 43.4 Å². The first-order chi connectivity index (χ1) is 9.99. The maximum atomic E-state index is 10.3. The number of aliphatic hydroxyl groups is 1. The van der Waals surface area contributed by atoms with E-state index in [1.165, 1.54) is 32.1 Å². The van der Waals surface area contributed by atoms with E-state index in [0.717, 1.165) is 0 Å². The second kappa shape index (κ2) is 7.68. The molecular formula is C16H24Cl2N2O. The number of aliphatic hydroxyl groups excluding tert-OH is 1. The van der Waals surface area contributed by atoms with Gasteiger partial charge in [0.2, 0.25) is 0 Å². The SMILES string of the molecule is C[C@H](NCC(O)c1cc(Cl)c(N)c(Cl)c1)C1CCCCC1. The van der Waals surface area contributed by atoms with E-state index in [4.69, 9.17) is 28.9 Å².